The molecule has 0 aliphatic heterocycles. The smallest absolute Gasteiger partial charge is 0.0922 e. The molecule has 0 radical (unpaired) electrons. The standard InChI is InChI=1S/C20H29F/c1-15-2-6-17(7-3-15)19-10-12-20(13-11-19)18-8-4-16(14-21)5-9-18/h10-13,15-18H,2-9,14H2,1H3. The van der Waals surface area contributed by atoms with Gasteiger partial charge in [-0.2, -0.15) is 0 Å². The number of alkyl halides is 1. The molecule has 0 amide bonds. The highest BCUT2D eigenvalue weighted by atomic mass is 19.1. The summed E-state index contributed by atoms with van der Waals surface area (Å²) in [6.07, 6.45) is 10.0. The molecule has 0 N–H and O–H groups in total. The molecule has 2 saturated carbocycles. The zero-order valence-corrected chi connectivity index (χ0v) is 13.4. The highest BCUT2D eigenvalue weighted by molar-refractivity contribution is 5.28. The number of halogens is 1. The Morgan fingerprint density at radius 2 is 1.19 bits per heavy atom. The molecule has 1 aromatic carbocycles. The second-order valence-electron chi connectivity index (χ2n) is 7.50. The van der Waals surface area contributed by atoms with Gasteiger partial charge in [0, 0.05) is 0 Å². The maximum atomic E-state index is 12.7. The molecule has 0 nitrogen and oxygen atoms in total. The van der Waals surface area contributed by atoms with E-state index >= 15 is 0 Å². The van der Waals surface area contributed by atoms with Crippen LogP contribution < -0.4 is 0 Å². The first kappa shape index (κ1) is 15.1. The predicted octanol–water partition coefficient (Wildman–Crippen LogP) is 6.22. The summed E-state index contributed by atoms with van der Waals surface area (Å²) in [5.74, 6) is 2.72. The largest absolute Gasteiger partial charge is 0.251 e. The Bertz CT molecular complexity index is 420. The first-order chi connectivity index (χ1) is 10.3. The van der Waals surface area contributed by atoms with Crippen molar-refractivity contribution in [3.63, 3.8) is 0 Å². The number of benzene rings is 1. The predicted molar refractivity (Wildman–Crippen MR) is 87.5 cm³/mol. The van der Waals surface area contributed by atoms with Crippen LogP contribution in [0.1, 0.15) is 81.3 Å². The normalized spacial score (nSPS) is 33.8. The lowest BCUT2D eigenvalue weighted by atomic mass is 9.77. The molecule has 0 atom stereocenters. The average Bonchev–Trinajstić information content (AvgIpc) is 2.56. The van der Waals surface area contributed by atoms with E-state index in [-0.39, 0.29) is 6.67 Å². The summed E-state index contributed by atoms with van der Waals surface area (Å²) >= 11 is 0. The summed E-state index contributed by atoms with van der Waals surface area (Å²) in [7, 11) is 0. The van der Waals surface area contributed by atoms with Crippen LogP contribution in [0.3, 0.4) is 0 Å². The van der Waals surface area contributed by atoms with Gasteiger partial charge in [-0.1, -0.05) is 44.0 Å². The van der Waals surface area contributed by atoms with Crippen LogP contribution in [-0.4, -0.2) is 6.67 Å². The zero-order valence-electron chi connectivity index (χ0n) is 13.4. The van der Waals surface area contributed by atoms with Gasteiger partial charge in [-0.15, -0.1) is 0 Å². The fourth-order valence-electron chi connectivity index (χ4n) is 4.28. The van der Waals surface area contributed by atoms with Crippen LogP contribution in [-0.2, 0) is 0 Å². The van der Waals surface area contributed by atoms with E-state index < -0.39 is 0 Å². The molecule has 0 spiro atoms. The SMILES string of the molecule is CC1CCC(c2ccc(C3CCC(CF)CC3)cc2)CC1. The van der Waals surface area contributed by atoms with Gasteiger partial charge in [0.05, 0.1) is 6.67 Å². The molecule has 1 aromatic rings. The monoisotopic (exact) mass is 288 g/mol. The highest BCUT2D eigenvalue weighted by Gasteiger charge is 2.23. The van der Waals surface area contributed by atoms with E-state index in [1.807, 2.05) is 0 Å². The lowest BCUT2D eigenvalue weighted by Crippen LogP contribution is -2.15. The quantitative estimate of drug-likeness (QED) is 0.619. The van der Waals surface area contributed by atoms with Crippen LogP contribution in [0.15, 0.2) is 24.3 Å². The molecular formula is C20H29F. The maximum Gasteiger partial charge on any atom is 0.0922 e. The fourth-order valence-corrected chi connectivity index (χ4v) is 4.28. The molecule has 0 bridgehead atoms. The van der Waals surface area contributed by atoms with Crippen molar-refractivity contribution < 1.29 is 4.39 Å². The van der Waals surface area contributed by atoms with E-state index in [9.17, 15) is 4.39 Å². The number of rotatable bonds is 3. The highest BCUT2D eigenvalue weighted by Crippen LogP contribution is 2.38. The van der Waals surface area contributed by atoms with E-state index in [0.29, 0.717) is 11.8 Å². The summed E-state index contributed by atoms with van der Waals surface area (Å²) in [4.78, 5) is 0. The molecule has 3 rings (SSSR count). The minimum atomic E-state index is -0.119. The van der Waals surface area contributed by atoms with Crippen molar-refractivity contribution in [3.8, 4) is 0 Å². The lowest BCUT2D eigenvalue weighted by Gasteiger charge is -2.28. The molecule has 0 heterocycles. The van der Waals surface area contributed by atoms with Crippen LogP contribution >= 0.6 is 0 Å². The Morgan fingerprint density at radius 3 is 1.62 bits per heavy atom. The van der Waals surface area contributed by atoms with E-state index in [0.717, 1.165) is 24.7 Å². The summed E-state index contributed by atoms with van der Waals surface area (Å²) in [5.41, 5.74) is 3.03. The summed E-state index contributed by atoms with van der Waals surface area (Å²) in [5, 5.41) is 0. The van der Waals surface area contributed by atoms with Crippen molar-refractivity contribution in [1.29, 1.82) is 0 Å². The topological polar surface area (TPSA) is 0 Å². The van der Waals surface area contributed by atoms with Crippen LogP contribution in [0.4, 0.5) is 4.39 Å². The van der Waals surface area contributed by atoms with Gasteiger partial charge in [0.25, 0.3) is 0 Å². The van der Waals surface area contributed by atoms with Gasteiger partial charge in [0.2, 0.25) is 0 Å². The van der Waals surface area contributed by atoms with Crippen molar-refractivity contribution in [2.45, 2.75) is 70.1 Å². The third-order valence-electron chi connectivity index (χ3n) is 5.96. The van der Waals surface area contributed by atoms with Crippen LogP contribution in [0.2, 0.25) is 0 Å². The van der Waals surface area contributed by atoms with Gasteiger partial charge < -0.3 is 0 Å². The minimum Gasteiger partial charge on any atom is -0.251 e. The van der Waals surface area contributed by atoms with E-state index in [1.54, 1.807) is 5.56 Å². The van der Waals surface area contributed by atoms with Gasteiger partial charge >= 0.3 is 0 Å². The Balaban J connectivity index is 1.59. The van der Waals surface area contributed by atoms with Crippen molar-refractivity contribution in [2.24, 2.45) is 11.8 Å². The molecule has 0 aromatic heterocycles. The third-order valence-corrected chi connectivity index (χ3v) is 5.96. The molecular weight excluding hydrogens is 259 g/mol. The Kier molecular flexibility index (Phi) is 4.98. The fraction of sp³-hybridized carbons (Fsp3) is 0.700. The molecule has 2 aliphatic carbocycles. The third kappa shape index (κ3) is 3.67. The van der Waals surface area contributed by atoms with E-state index in [2.05, 4.69) is 31.2 Å². The van der Waals surface area contributed by atoms with Gasteiger partial charge in [0.1, 0.15) is 0 Å². The Morgan fingerprint density at radius 1 is 0.762 bits per heavy atom. The second kappa shape index (κ2) is 6.94. The molecule has 21 heavy (non-hydrogen) atoms. The Hall–Kier alpha value is -0.850. The summed E-state index contributed by atoms with van der Waals surface area (Å²) in [6.45, 7) is 2.26. The molecule has 0 unspecified atom stereocenters. The molecule has 2 aliphatic rings. The van der Waals surface area contributed by atoms with Crippen molar-refractivity contribution in [3.05, 3.63) is 35.4 Å². The second-order valence-corrected chi connectivity index (χ2v) is 7.50. The zero-order chi connectivity index (χ0) is 14.7. The van der Waals surface area contributed by atoms with Crippen LogP contribution in [0.5, 0.6) is 0 Å². The molecule has 116 valence electrons. The van der Waals surface area contributed by atoms with Crippen molar-refractivity contribution >= 4 is 0 Å². The molecule has 0 saturated heterocycles. The lowest BCUT2D eigenvalue weighted by molar-refractivity contribution is 0.263. The van der Waals surface area contributed by atoms with E-state index in [4.69, 9.17) is 0 Å². The maximum absolute atomic E-state index is 12.7. The summed E-state index contributed by atoms with van der Waals surface area (Å²) in [6, 6.07) is 9.45. The average molecular weight is 288 g/mol. The first-order valence-corrected chi connectivity index (χ1v) is 8.92. The van der Waals surface area contributed by atoms with Crippen LogP contribution in [0.25, 0.3) is 0 Å². The molecule has 1 heteroatoms. The van der Waals surface area contributed by atoms with Gasteiger partial charge in [-0.05, 0) is 73.3 Å². The van der Waals surface area contributed by atoms with Crippen LogP contribution in [0, 0.1) is 11.8 Å². The minimum absolute atomic E-state index is 0.119. The molecule has 2 fully saturated rings. The van der Waals surface area contributed by atoms with Gasteiger partial charge in [0.15, 0.2) is 0 Å². The Labute approximate surface area is 129 Å². The van der Waals surface area contributed by atoms with Crippen molar-refractivity contribution in [2.75, 3.05) is 6.67 Å². The van der Waals surface area contributed by atoms with Crippen molar-refractivity contribution in [1.82, 2.24) is 0 Å². The van der Waals surface area contributed by atoms with E-state index in [1.165, 1.54) is 44.1 Å². The van der Waals surface area contributed by atoms with Gasteiger partial charge in [-0.3, -0.25) is 4.39 Å². The van der Waals surface area contributed by atoms with Gasteiger partial charge in [-0.25, -0.2) is 0 Å². The first-order valence-electron chi connectivity index (χ1n) is 8.92. The summed E-state index contributed by atoms with van der Waals surface area (Å²) < 4.78 is 12.7. The number of hydrogen-bond donors (Lipinski definition) is 0. The number of hydrogen-bond acceptors (Lipinski definition) is 0.